The summed E-state index contributed by atoms with van der Waals surface area (Å²) in [6, 6.07) is 1.63. The summed E-state index contributed by atoms with van der Waals surface area (Å²) in [6.45, 7) is 0.649. The second-order valence-electron chi connectivity index (χ2n) is 4.15. The summed E-state index contributed by atoms with van der Waals surface area (Å²) >= 11 is 3.38. The average Bonchev–Trinajstić information content (AvgIpc) is 2.79. The molecule has 1 saturated heterocycles. The Bertz CT molecular complexity index is 478. The van der Waals surface area contributed by atoms with Crippen LogP contribution in [0.5, 0.6) is 0 Å². The van der Waals surface area contributed by atoms with Crippen LogP contribution in [0.25, 0.3) is 0 Å². The first-order valence-corrected chi connectivity index (χ1v) is 6.67. The Kier molecular flexibility index (Phi) is 3.96. The van der Waals surface area contributed by atoms with E-state index in [1.807, 2.05) is 0 Å². The molecule has 2 heterocycles. The van der Waals surface area contributed by atoms with Crippen molar-refractivity contribution < 1.29 is 14.3 Å². The average molecular weight is 313 g/mol. The molecule has 0 bridgehead atoms. The molecule has 1 fully saturated rings. The van der Waals surface area contributed by atoms with Crippen LogP contribution in [0, 0.1) is 5.92 Å². The molecule has 18 heavy (non-hydrogen) atoms. The van der Waals surface area contributed by atoms with Gasteiger partial charge in [0.2, 0.25) is 5.91 Å². The van der Waals surface area contributed by atoms with Crippen LogP contribution < -0.4 is 4.90 Å². The maximum Gasteiger partial charge on any atom is 0.339 e. The number of alkyl halides is 1. The molecule has 0 N–H and O–H groups in total. The Morgan fingerprint density at radius 2 is 2.39 bits per heavy atom. The molecule has 5 nitrogen and oxygen atoms in total. The third kappa shape index (κ3) is 2.53. The molecule has 6 heteroatoms. The number of halogens is 1. The van der Waals surface area contributed by atoms with Crippen molar-refractivity contribution in [2.24, 2.45) is 5.92 Å². The fourth-order valence-electron chi connectivity index (χ4n) is 1.94. The Labute approximate surface area is 113 Å². The highest BCUT2D eigenvalue weighted by atomic mass is 79.9. The summed E-state index contributed by atoms with van der Waals surface area (Å²) in [6.07, 6.45) is 3.53. The van der Waals surface area contributed by atoms with Crippen LogP contribution in [-0.2, 0) is 9.53 Å². The Balaban J connectivity index is 2.24. The zero-order chi connectivity index (χ0) is 13.1. The predicted molar refractivity (Wildman–Crippen MR) is 69.8 cm³/mol. The third-order valence-electron chi connectivity index (χ3n) is 2.88. The largest absolute Gasteiger partial charge is 0.465 e. The van der Waals surface area contributed by atoms with Crippen molar-refractivity contribution in [3.8, 4) is 0 Å². The molecule has 0 aromatic carbocycles. The van der Waals surface area contributed by atoms with Crippen LogP contribution in [-0.4, -0.2) is 35.8 Å². The molecule has 0 radical (unpaired) electrons. The van der Waals surface area contributed by atoms with Crippen molar-refractivity contribution >= 4 is 33.5 Å². The van der Waals surface area contributed by atoms with E-state index in [1.165, 1.54) is 13.3 Å². The van der Waals surface area contributed by atoms with E-state index in [4.69, 9.17) is 0 Å². The van der Waals surface area contributed by atoms with E-state index in [1.54, 1.807) is 17.2 Å². The van der Waals surface area contributed by atoms with Crippen molar-refractivity contribution in [3.05, 3.63) is 24.0 Å². The summed E-state index contributed by atoms with van der Waals surface area (Å²) in [5, 5.41) is 0.791. The number of hydrogen-bond donors (Lipinski definition) is 0. The SMILES string of the molecule is COC(=O)c1cncc(N2CC(CBr)CC2=O)c1. The number of ether oxygens (including phenoxy) is 1. The maximum atomic E-state index is 11.9. The molecule has 1 aromatic rings. The van der Waals surface area contributed by atoms with E-state index >= 15 is 0 Å². The lowest BCUT2D eigenvalue weighted by Gasteiger charge is -2.16. The zero-order valence-electron chi connectivity index (χ0n) is 9.93. The molecule has 2 rings (SSSR count). The lowest BCUT2D eigenvalue weighted by atomic mass is 10.2. The van der Waals surface area contributed by atoms with Crippen LogP contribution in [0.3, 0.4) is 0 Å². The summed E-state index contributed by atoms with van der Waals surface area (Å²) in [5.41, 5.74) is 0.997. The monoisotopic (exact) mass is 312 g/mol. The number of carbonyl (C=O) groups is 2. The standard InChI is InChI=1S/C12H13BrN2O3/c1-18-12(17)9-3-10(6-14-5-9)15-7-8(4-13)2-11(15)16/h3,5-6,8H,2,4,7H2,1H3. The minimum absolute atomic E-state index is 0.0586. The first kappa shape index (κ1) is 13.0. The van der Waals surface area contributed by atoms with Crippen molar-refractivity contribution in [2.75, 3.05) is 23.9 Å². The van der Waals surface area contributed by atoms with Crippen LogP contribution >= 0.6 is 15.9 Å². The Hall–Kier alpha value is -1.43. The first-order valence-electron chi connectivity index (χ1n) is 5.55. The molecular formula is C12H13BrN2O3. The van der Waals surface area contributed by atoms with Crippen LogP contribution in [0.1, 0.15) is 16.8 Å². The number of amides is 1. The van der Waals surface area contributed by atoms with Gasteiger partial charge in [-0.25, -0.2) is 4.79 Å². The number of anilines is 1. The zero-order valence-corrected chi connectivity index (χ0v) is 11.5. The molecular weight excluding hydrogens is 300 g/mol. The number of methoxy groups -OCH3 is 1. The van der Waals surface area contributed by atoms with Gasteiger partial charge < -0.3 is 9.64 Å². The topological polar surface area (TPSA) is 59.5 Å². The third-order valence-corrected chi connectivity index (χ3v) is 3.80. The number of hydrogen-bond acceptors (Lipinski definition) is 4. The molecule has 1 aliphatic heterocycles. The number of carbonyl (C=O) groups excluding carboxylic acids is 2. The van der Waals surface area contributed by atoms with Gasteiger partial charge in [0.1, 0.15) is 0 Å². The number of nitrogens with zero attached hydrogens (tertiary/aromatic N) is 2. The van der Waals surface area contributed by atoms with Crippen LogP contribution in [0.15, 0.2) is 18.5 Å². The molecule has 1 aliphatic rings. The van der Waals surface area contributed by atoms with E-state index in [0.29, 0.717) is 30.1 Å². The van der Waals surface area contributed by atoms with Gasteiger partial charge in [-0.05, 0) is 12.0 Å². The van der Waals surface area contributed by atoms with Gasteiger partial charge in [0, 0.05) is 24.5 Å². The highest BCUT2D eigenvalue weighted by Crippen LogP contribution is 2.26. The van der Waals surface area contributed by atoms with Gasteiger partial charge in [0.25, 0.3) is 0 Å². The molecule has 96 valence electrons. The van der Waals surface area contributed by atoms with E-state index in [-0.39, 0.29) is 5.91 Å². The molecule has 1 unspecified atom stereocenters. The second-order valence-corrected chi connectivity index (χ2v) is 4.80. The number of pyridine rings is 1. The van der Waals surface area contributed by atoms with E-state index < -0.39 is 5.97 Å². The number of esters is 1. The van der Waals surface area contributed by atoms with Gasteiger partial charge in [-0.3, -0.25) is 9.78 Å². The van der Waals surface area contributed by atoms with Crippen LogP contribution in [0.4, 0.5) is 5.69 Å². The Morgan fingerprint density at radius 1 is 1.61 bits per heavy atom. The normalized spacial score (nSPS) is 19.1. The van der Waals surface area contributed by atoms with Gasteiger partial charge in [-0.1, -0.05) is 15.9 Å². The Morgan fingerprint density at radius 3 is 3.00 bits per heavy atom. The molecule has 1 atom stereocenters. The van der Waals surface area contributed by atoms with Crippen LogP contribution in [0.2, 0.25) is 0 Å². The van der Waals surface area contributed by atoms with Crippen molar-refractivity contribution in [2.45, 2.75) is 6.42 Å². The molecule has 0 spiro atoms. The molecule has 1 aromatic heterocycles. The predicted octanol–water partition coefficient (Wildman–Crippen LogP) is 1.62. The van der Waals surface area contributed by atoms with Crippen molar-refractivity contribution in [1.29, 1.82) is 0 Å². The summed E-state index contributed by atoms with van der Waals surface area (Å²) in [7, 11) is 1.32. The minimum Gasteiger partial charge on any atom is -0.465 e. The quantitative estimate of drug-likeness (QED) is 0.628. The summed E-state index contributed by atoms with van der Waals surface area (Å²) < 4.78 is 4.63. The van der Waals surface area contributed by atoms with E-state index in [0.717, 1.165) is 5.33 Å². The van der Waals surface area contributed by atoms with Crippen molar-refractivity contribution in [1.82, 2.24) is 4.98 Å². The van der Waals surface area contributed by atoms with Gasteiger partial charge in [0.15, 0.2) is 0 Å². The maximum absolute atomic E-state index is 11.9. The van der Waals surface area contributed by atoms with Gasteiger partial charge >= 0.3 is 5.97 Å². The van der Waals surface area contributed by atoms with Gasteiger partial charge in [0.05, 0.1) is 24.6 Å². The smallest absolute Gasteiger partial charge is 0.339 e. The highest BCUT2D eigenvalue weighted by molar-refractivity contribution is 9.09. The summed E-state index contributed by atoms with van der Waals surface area (Å²) in [5.74, 6) is -0.0874. The minimum atomic E-state index is -0.451. The second kappa shape index (κ2) is 5.48. The number of aromatic nitrogens is 1. The van der Waals surface area contributed by atoms with Gasteiger partial charge in [-0.2, -0.15) is 0 Å². The summed E-state index contributed by atoms with van der Waals surface area (Å²) in [4.78, 5) is 28.9. The lowest BCUT2D eigenvalue weighted by molar-refractivity contribution is -0.117. The number of rotatable bonds is 3. The molecule has 0 aliphatic carbocycles. The van der Waals surface area contributed by atoms with Gasteiger partial charge in [-0.15, -0.1) is 0 Å². The first-order chi connectivity index (χ1) is 8.65. The van der Waals surface area contributed by atoms with E-state index in [9.17, 15) is 9.59 Å². The molecule has 0 saturated carbocycles. The fraction of sp³-hybridized carbons (Fsp3) is 0.417. The van der Waals surface area contributed by atoms with E-state index in [2.05, 4.69) is 25.7 Å². The lowest BCUT2D eigenvalue weighted by Crippen LogP contribution is -2.25. The van der Waals surface area contributed by atoms with Crippen molar-refractivity contribution in [3.63, 3.8) is 0 Å². The fourth-order valence-corrected chi connectivity index (χ4v) is 2.37. The molecule has 1 amide bonds. The highest BCUT2D eigenvalue weighted by Gasteiger charge is 2.30.